The van der Waals surface area contributed by atoms with Gasteiger partial charge in [-0.1, -0.05) is 23.4 Å². The Labute approximate surface area is 196 Å². The van der Waals surface area contributed by atoms with Crippen LogP contribution in [0.25, 0.3) is 10.9 Å². The molecule has 0 saturated carbocycles. The molecule has 3 aliphatic heterocycles. The van der Waals surface area contributed by atoms with Crippen molar-refractivity contribution in [2.45, 2.75) is 29.8 Å². The summed E-state index contributed by atoms with van der Waals surface area (Å²) < 4.78 is 27.7. The highest BCUT2D eigenvalue weighted by molar-refractivity contribution is 8.14. The molecule has 2 saturated heterocycles. The van der Waals surface area contributed by atoms with Crippen molar-refractivity contribution < 1.29 is 13.2 Å². The van der Waals surface area contributed by atoms with Gasteiger partial charge in [-0.3, -0.25) is 4.90 Å². The summed E-state index contributed by atoms with van der Waals surface area (Å²) in [5, 5.41) is 8.91. The Balaban J connectivity index is 1.25. The number of aromatic amines is 1. The van der Waals surface area contributed by atoms with E-state index in [1.54, 1.807) is 40.9 Å². The van der Waals surface area contributed by atoms with Crippen LogP contribution in [0.4, 0.5) is 4.79 Å². The van der Waals surface area contributed by atoms with Gasteiger partial charge in [0, 0.05) is 48.6 Å². The first kappa shape index (κ1) is 22.0. The van der Waals surface area contributed by atoms with Crippen LogP contribution in [0.2, 0.25) is 5.02 Å². The summed E-state index contributed by atoms with van der Waals surface area (Å²) in [5.41, 5.74) is 0.717. The molecule has 2 amide bonds. The van der Waals surface area contributed by atoms with E-state index in [1.807, 2.05) is 0 Å². The number of fused-ring (bicyclic) bond motifs is 2. The van der Waals surface area contributed by atoms with E-state index >= 15 is 0 Å². The van der Waals surface area contributed by atoms with Gasteiger partial charge in [0.1, 0.15) is 10.1 Å². The van der Waals surface area contributed by atoms with Gasteiger partial charge in [0.25, 0.3) is 10.0 Å². The van der Waals surface area contributed by atoms with Crippen LogP contribution in [0, 0.1) is 0 Å². The van der Waals surface area contributed by atoms with Crippen molar-refractivity contribution in [1.29, 1.82) is 0 Å². The number of benzene rings is 1. The minimum absolute atomic E-state index is 0.138. The fourth-order valence-corrected chi connectivity index (χ4v) is 7.24. The zero-order valence-corrected chi connectivity index (χ0v) is 20.3. The number of thioether (sulfide) groups is 1. The second-order valence-electron chi connectivity index (χ2n) is 8.29. The number of halogens is 1. The van der Waals surface area contributed by atoms with E-state index in [2.05, 4.69) is 29.0 Å². The lowest BCUT2D eigenvalue weighted by molar-refractivity contribution is 0.128. The van der Waals surface area contributed by atoms with E-state index in [0.717, 1.165) is 16.9 Å². The van der Waals surface area contributed by atoms with Gasteiger partial charge >= 0.3 is 6.03 Å². The molecule has 32 heavy (non-hydrogen) atoms. The topological polar surface area (TPSA) is 92.3 Å². The Bertz CT molecular complexity index is 1190. The fourth-order valence-electron chi connectivity index (χ4n) is 4.37. The highest BCUT2D eigenvalue weighted by Gasteiger charge is 2.39. The Kier molecular flexibility index (Phi) is 5.65. The number of hydrazone groups is 1. The lowest BCUT2D eigenvalue weighted by Gasteiger charge is -2.37. The Morgan fingerprint density at radius 1 is 1.19 bits per heavy atom. The lowest BCUT2D eigenvalue weighted by Crippen LogP contribution is -2.54. The van der Waals surface area contributed by atoms with Gasteiger partial charge in [-0.25, -0.2) is 18.2 Å². The lowest BCUT2D eigenvalue weighted by atomic mass is 10.2. The van der Waals surface area contributed by atoms with E-state index in [1.165, 1.54) is 9.31 Å². The van der Waals surface area contributed by atoms with Crippen LogP contribution in [-0.4, -0.2) is 94.8 Å². The molecule has 0 spiro atoms. The molecule has 2 aromatic rings. The number of urea groups is 1. The van der Waals surface area contributed by atoms with E-state index in [0.29, 0.717) is 35.5 Å². The number of rotatable bonds is 2. The van der Waals surface area contributed by atoms with Crippen LogP contribution in [0.3, 0.4) is 0 Å². The SMILES string of the molecule is CC1SC2=NN(C(=O)N3CCN(S(=O)(=O)c4cc5cc(Cl)ccc5[nH]4)CC3)CCC2N1C. The molecule has 2 fully saturated rings. The van der Waals surface area contributed by atoms with Gasteiger partial charge in [0.15, 0.2) is 0 Å². The van der Waals surface area contributed by atoms with Crippen LogP contribution < -0.4 is 0 Å². The summed E-state index contributed by atoms with van der Waals surface area (Å²) in [5.74, 6) is 0. The summed E-state index contributed by atoms with van der Waals surface area (Å²) in [7, 11) is -1.60. The summed E-state index contributed by atoms with van der Waals surface area (Å²) in [6, 6.07) is 6.94. The number of hydrogen-bond donors (Lipinski definition) is 1. The van der Waals surface area contributed by atoms with E-state index in [9.17, 15) is 13.2 Å². The number of nitrogens with one attached hydrogen (secondary N) is 1. The molecule has 2 atom stereocenters. The number of H-pyrrole nitrogens is 1. The van der Waals surface area contributed by atoms with Gasteiger partial charge in [0.05, 0.1) is 11.4 Å². The molecular weight excluding hydrogens is 472 g/mol. The van der Waals surface area contributed by atoms with Crippen LogP contribution in [0.15, 0.2) is 34.4 Å². The molecule has 1 aromatic carbocycles. The first-order valence-electron chi connectivity index (χ1n) is 10.6. The average Bonchev–Trinajstić information content (AvgIpc) is 3.33. The van der Waals surface area contributed by atoms with Crippen molar-refractivity contribution in [2.75, 3.05) is 39.8 Å². The number of nitrogens with zero attached hydrogens (tertiary/aromatic N) is 5. The van der Waals surface area contributed by atoms with Crippen molar-refractivity contribution in [3.63, 3.8) is 0 Å². The third kappa shape index (κ3) is 3.79. The quantitative estimate of drug-likeness (QED) is 0.690. The first-order valence-corrected chi connectivity index (χ1v) is 13.3. The van der Waals surface area contributed by atoms with Crippen molar-refractivity contribution >= 4 is 55.4 Å². The molecule has 3 aliphatic rings. The standard InChI is InChI=1S/C20H25ClN6O3S2/c1-13-24(2)17-5-6-27(23-19(17)31-13)20(28)25-7-9-26(10-8-25)32(29,30)18-12-14-11-15(21)3-4-16(14)22-18/h3-4,11-13,17,22H,5-10H2,1-2H3. The molecule has 9 nitrogen and oxygen atoms in total. The van der Waals surface area contributed by atoms with Gasteiger partial charge in [-0.15, -0.1) is 0 Å². The summed E-state index contributed by atoms with van der Waals surface area (Å²) in [4.78, 5) is 20.0. The average molecular weight is 497 g/mol. The third-order valence-corrected chi connectivity index (χ3v) is 9.71. The van der Waals surface area contributed by atoms with Crippen LogP contribution in [0.1, 0.15) is 13.3 Å². The molecule has 4 heterocycles. The number of carbonyl (C=O) groups excluding carboxylic acids is 1. The highest BCUT2D eigenvalue weighted by Crippen LogP contribution is 2.34. The second-order valence-corrected chi connectivity index (χ2v) is 12.0. The smallest absolute Gasteiger partial charge is 0.340 e. The van der Waals surface area contributed by atoms with Crippen LogP contribution in [0.5, 0.6) is 0 Å². The molecule has 0 radical (unpaired) electrons. The molecule has 12 heteroatoms. The summed E-state index contributed by atoms with van der Waals surface area (Å²) in [6.45, 7) is 3.86. The van der Waals surface area contributed by atoms with Gasteiger partial charge in [0.2, 0.25) is 0 Å². The summed E-state index contributed by atoms with van der Waals surface area (Å²) >= 11 is 7.71. The zero-order valence-electron chi connectivity index (χ0n) is 17.9. The molecule has 5 rings (SSSR count). The molecule has 0 bridgehead atoms. The first-order chi connectivity index (χ1) is 15.2. The van der Waals surface area contributed by atoms with E-state index in [4.69, 9.17) is 11.6 Å². The molecule has 1 aromatic heterocycles. The predicted molar refractivity (Wildman–Crippen MR) is 126 cm³/mol. The van der Waals surface area contributed by atoms with Gasteiger partial charge < -0.3 is 9.88 Å². The molecular formula is C20H25ClN6O3S2. The monoisotopic (exact) mass is 496 g/mol. The fraction of sp³-hybridized carbons (Fsp3) is 0.500. The Morgan fingerprint density at radius 2 is 1.94 bits per heavy atom. The maximum Gasteiger partial charge on any atom is 0.340 e. The number of amides is 2. The van der Waals surface area contributed by atoms with Crippen LogP contribution >= 0.6 is 23.4 Å². The normalized spacial score (nSPS) is 25.3. The third-order valence-electron chi connectivity index (χ3n) is 6.38. The largest absolute Gasteiger partial charge is 0.345 e. The maximum atomic E-state index is 13.1. The van der Waals surface area contributed by atoms with E-state index in [-0.39, 0.29) is 30.2 Å². The minimum Gasteiger partial charge on any atom is -0.345 e. The zero-order chi connectivity index (χ0) is 22.6. The van der Waals surface area contributed by atoms with Gasteiger partial charge in [-0.05, 0) is 44.7 Å². The number of sulfonamides is 1. The van der Waals surface area contributed by atoms with Crippen molar-refractivity contribution in [1.82, 2.24) is 24.1 Å². The summed E-state index contributed by atoms with van der Waals surface area (Å²) in [6.07, 6.45) is 0.858. The number of hydrogen-bond acceptors (Lipinski definition) is 6. The Hall–Kier alpha value is -1.79. The van der Waals surface area contributed by atoms with Crippen LogP contribution in [-0.2, 0) is 10.0 Å². The number of aromatic nitrogens is 1. The number of carbonyl (C=O) groups is 1. The Morgan fingerprint density at radius 3 is 2.69 bits per heavy atom. The van der Waals surface area contributed by atoms with Crippen molar-refractivity contribution in [3.8, 4) is 0 Å². The predicted octanol–water partition coefficient (Wildman–Crippen LogP) is 2.66. The highest BCUT2D eigenvalue weighted by atomic mass is 35.5. The molecule has 0 aliphatic carbocycles. The van der Waals surface area contributed by atoms with Crippen molar-refractivity contribution in [3.05, 3.63) is 29.3 Å². The van der Waals surface area contributed by atoms with E-state index < -0.39 is 10.0 Å². The molecule has 2 unspecified atom stereocenters. The van der Waals surface area contributed by atoms with Gasteiger partial charge in [-0.2, -0.15) is 9.41 Å². The number of piperazine rings is 1. The second kappa shape index (κ2) is 8.21. The maximum absolute atomic E-state index is 13.1. The minimum atomic E-state index is -3.69. The molecule has 172 valence electrons. The van der Waals surface area contributed by atoms with Crippen molar-refractivity contribution in [2.24, 2.45) is 5.10 Å². The molecule has 1 N–H and O–H groups in total.